The molecule has 5 heteroatoms. The van der Waals surface area contributed by atoms with Crippen LogP contribution in [0.15, 0.2) is 28.7 Å². The molecule has 1 aromatic rings. The van der Waals surface area contributed by atoms with Crippen molar-refractivity contribution in [3.63, 3.8) is 0 Å². The van der Waals surface area contributed by atoms with Crippen molar-refractivity contribution in [1.82, 2.24) is 5.32 Å². The van der Waals surface area contributed by atoms with E-state index < -0.39 is 5.60 Å². The van der Waals surface area contributed by atoms with E-state index in [0.717, 1.165) is 10.2 Å². The molecule has 1 aromatic carbocycles. The molecule has 0 aliphatic heterocycles. The zero-order chi connectivity index (χ0) is 12.9. The number of benzene rings is 1. The number of halogens is 1. The summed E-state index contributed by atoms with van der Waals surface area (Å²) in [5.74, 6) is -0.128. The molecule has 0 heterocycles. The maximum absolute atomic E-state index is 11.5. The summed E-state index contributed by atoms with van der Waals surface area (Å²) >= 11 is 3.32. The first-order valence-corrected chi connectivity index (χ1v) is 6.15. The van der Waals surface area contributed by atoms with E-state index in [-0.39, 0.29) is 12.5 Å². The minimum Gasteiger partial charge on any atom is -0.389 e. The Bertz CT molecular complexity index is 371. The molecule has 0 aliphatic carbocycles. The van der Waals surface area contributed by atoms with Crippen molar-refractivity contribution in [2.24, 2.45) is 0 Å². The second-order valence-corrected chi connectivity index (χ2v) is 5.39. The molecule has 0 saturated heterocycles. The summed E-state index contributed by atoms with van der Waals surface area (Å²) in [4.78, 5) is 11.5. The van der Waals surface area contributed by atoms with Gasteiger partial charge in [0.05, 0.1) is 12.1 Å². The van der Waals surface area contributed by atoms with E-state index in [1.165, 1.54) is 0 Å². The van der Waals surface area contributed by atoms with Crippen LogP contribution in [0, 0.1) is 0 Å². The van der Waals surface area contributed by atoms with Crippen LogP contribution in [0.25, 0.3) is 0 Å². The molecule has 94 valence electrons. The number of anilines is 1. The molecule has 3 N–H and O–H groups in total. The van der Waals surface area contributed by atoms with Gasteiger partial charge < -0.3 is 15.7 Å². The quantitative estimate of drug-likeness (QED) is 0.776. The van der Waals surface area contributed by atoms with Gasteiger partial charge in [0.25, 0.3) is 0 Å². The summed E-state index contributed by atoms with van der Waals surface area (Å²) in [5, 5.41) is 15.1. The van der Waals surface area contributed by atoms with Crippen LogP contribution in [-0.4, -0.2) is 29.7 Å². The Morgan fingerprint density at radius 1 is 1.35 bits per heavy atom. The van der Waals surface area contributed by atoms with Gasteiger partial charge in [-0.3, -0.25) is 4.79 Å². The number of nitrogens with one attached hydrogen (secondary N) is 2. The normalized spacial score (nSPS) is 11.3. The highest BCUT2D eigenvalue weighted by molar-refractivity contribution is 9.10. The minimum atomic E-state index is -0.808. The predicted molar refractivity (Wildman–Crippen MR) is 71.9 cm³/mol. The van der Waals surface area contributed by atoms with Gasteiger partial charge in [0.1, 0.15) is 0 Å². The smallest absolute Gasteiger partial charge is 0.238 e. The van der Waals surface area contributed by atoms with Gasteiger partial charge in [-0.1, -0.05) is 15.9 Å². The van der Waals surface area contributed by atoms with E-state index in [1.807, 2.05) is 24.3 Å². The second-order valence-electron chi connectivity index (χ2n) is 4.47. The van der Waals surface area contributed by atoms with E-state index in [9.17, 15) is 9.90 Å². The third-order valence-corrected chi connectivity index (χ3v) is 2.50. The van der Waals surface area contributed by atoms with Crippen LogP contribution in [0.4, 0.5) is 5.69 Å². The van der Waals surface area contributed by atoms with Crippen molar-refractivity contribution in [2.75, 3.05) is 18.4 Å². The number of hydrogen-bond donors (Lipinski definition) is 3. The fraction of sp³-hybridized carbons (Fsp3) is 0.417. The van der Waals surface area contributed by atoms with E-state index in [1.54, 1.807) is 13.8 Å². The van der Waals surface area contributed by atoms with E-state index in [0.29, 0.717) is 6.54 Å². The van der Waals surface area contributed by atoms with Crippen molar-refractivity contribution in [1.29, 1.82) is 0 Å². The Balaban J connectivity index is 2.32. The Labute approximate surface area is 110 Å². The summed E-state index contributed by atoms with van der Waals surface area (Å²) in [6, 6.07) is 7.36. The number of aliphatic hydroxyl groups is 1. The fourth-order valence-electron chi connectivity index (χ4n) is 1.22. The SMILES string of the molecule is CC(C)(O)CNCC(=O)Nc1ccc(Br)cc1. The molecule has 0 saturated carbocycles. The van der Waals surface area contributed by atoms with Crippen LogP contribution < -0.4 is 10.6 Å². The van der Waals surface area contributed by atoms with Gasteiger partial charge in [-0.25, -0.2) is 0 Å². The number of carbonyl (C=O) groups excluding carboxylic acids is 1. The Morgan fingerprint density at radius 3 is 2.47 bits per heavy atom. The van der Waals surface area contributed by atoms with Crippen molar-refractivity contribution >= 4 is 27.5 Å². The number of rotatable bonds is 5. The van der Waals surface area contributed by atoms with Crippen LogP contribution in [0.3, 0.4) is 0 Å². The van der Waals surface area contributed by atoms with E-state index in [4.69, 9.17) is 0 Å². The van der Waals surface area contributed by atoms with Crippen molar-refractivity contribution in [2.45, 2.75) is 19.4 Å². The van der Waals surface area contributed by atoms with Gasteiger partial charge in [-0.05, 0) is 38.1 Å². The Morgan fingerprint density at radius 2 is 1.94 bits per heavy atom. The molecule has 0 aromatic heterocycles. The predicted octanol–water partition coefficient (Wildman–Crippen LogP) is 1.75. The monoisotopic (exact) mass is 300 g/mol. The van der Waals surface area contributed by atoms with Crippen LogP contribution in [0.1, 0.15) is 13.8 Å². The van der Waals surface area contributed by atoms with Crippen LogP contribution in [0.2, 0.25) is 0 Å². The van der Waals surface area contributed by atoms with Crippen LogP contribution >= 0.6 is 15.9 Å². The van der Waals surface area contributed by atoms with Gasteiger partial charge in [-0.15, -0.1) is 0 Å². The number of amides is 1. The third kappa shape index (κ3) is 6.41. The maximum Gasteiger partial charge on any atom is 0.238 e. The molecule has 1 rings (SSSR count). The van der Waals surface area contributed by atoms with Gasteiger partial charge in [-0.2, -0.15) is 0 Å². The zero-order valence-electron chi connectivity index (χ0n) is 9.96. The van der Waals surface area contributed by atoms with E-state index >= 15 is 0 Å². The van der Waals surface area contributed by atoms with Gasteiger partial charge in [0.2, 0.25) is 5.91 Å². The van der Waals surface area contributed by atoms with Gasteiger partial charge in [0, 0.05) is 16.7 Å². The highest BCUT2D eigenvalue weighted by atomic mass is 79.9. The molecule has 17 heavy (non-hydrogen) atoms. The second kappa shape index (κ2) is 6.14. The molecule has 0 fully saturated rings. The lowest BCUT2D eigenvalue weighted by atomic mass is 10.1. The lowest BCUT2D eigenvalue weighted by Gasteiger charge is -2.17. The first-order valence-electron chi connectivity index (χ1n) is 5.35. The van der Waals surface area contributed by atoms with Crippen molar-refractivity contribution < 1.29 is 9.90 Å². The topological polar surface area (TPSA) is 61.4 Å². The molecule has 0 aliphatic rings. The summed E-state index contributed by atoms with van der Waals surface area (Å²) in [6.07, 6.45) is 0. The molecular weight excluding hydrogens is 284 g/mol. The zero-order valence-corrected chi connectivity index (χ0v) is 11.5. The summed E-state index contributed by atoms with van der Waals surface area (Å²) < 4.78 is 0.968. The highest BCUT2D eigenvalue weighted by Crippen LogP contribution is 2.13. The molecule has 4 nitrogen and oxygen atoms in total. The Hall–Kier alpha value is -0.910. The molecule has 0 spiro atoms. The summed E-state index contributed by atoms with van der Waals surface area (Å²) in [5.41, 5.74) is -0.0546. The van der Waals surface area contributed by atoms with Crippen molar-refractivity contribution in [3.05, 3.63) is 28.7 Å². The summed E-state index contributed by atoms with van der Waals surface area (Å²) in [7, 11) is 0. The summed E-state index contributed by atoms with van der Waals surface area (Å²) in [6.45, 7) is 3.93. The molecule has 1 amide bonds. The Kier molecular flexibility index (Phi) is 5.11. The van der Waals surface area contributed by atoms with Crippen molar-refractivity contribution in [3.8, 4) is 0 Å². The number of hydrogen-bond acceptors (Lipinski definition) is 3. The first kappa shape index (κ1) is 14.2. The standard InChI is InChI=1S/C12H17BrN2O2/c1-12(2,17)8-14-7-11(16)15-10-5-3-9(13)4-6-10/h3-6,14,17H,7-8H2,1-2H3,(H,15,16). The third-order valence-electron chi connectivity index (χ3n) is 1.97. The largest absolute Gasteiger partial charge is 0.389 e. The fourth-order valence-corrected chi connectivity index (χ4v) is 1.48. The van der Waals surface area contributed by atoms with Gasteiger partial charge >= 0.3 is 0 Å². The van der Waals surface area contributed by atoms with Crippen LogP contribution in [0.5, 0.6) is 0 Å². The minimum absolute atomic E-state index is 0.128. The molecule has 0 radical (unpaired) electrons. The van der Waals surface area contributed by atoms with E-state index in [2.05, 4.69) is 26.6 Å². The highest BCUT2D eigenvalue weighted by Gasteiger charge is 2.12. The average Bonchev–Trinajstić information content (AvgIpc) is 2.19. The lowest BCUT2D eigenvalue weighted by molar-refractivity contribution is -0.115. The van der Waals surface area contributed by atoms with Crippen LogP contribution in [-0.2, 0) is 4.79 Å². The van der Waals surface area contributed by atoms with Gasteiger partial charge in [0.15, 0.2) is 0 Å². The molecule has 0 atom stereocenters. The number of carbonyl (C=O) groups is 1. The molecular formula is C12H17BrN2O2. The molecule has 0 unspecified atom stereocenters. The lowest BCUT2D eigenvalue weighted by Crippen LogP contribution is -2.38. The average molecular weight is 301 g/mol. The first-order chi connectivity index (χ1) is 7.87. The molecule has 0 bridgehead atoms. The maximum atomic E-state index is 11.5.